The number of aryl methyl sites for hydroxylation is 1. The summed E-state index contributed by atoms with van der Waals surface area (Å²) >= 11 is 7.84. The molecule has 184 valence electrons. The number of hydrogen-bond acceptors (Lipinski definition) is 5. The maximum atomic E-state index is 14.1. The van der Waals surface area contributed by atoms with Crippen molar-refractivity contribution in [3.63, 3.8) is 0 Å². The molecule has 1 saturated heterocycles. The van der Waals surface area contributed by atoms with Gasteiger partial charge in [0.25, 0.3) is 5.56 Å². The molecular weight excluding hydrogens is 494 g/mol. The van der Waals surface area contributed by atoms with Gasteiger partial charge in [0.2, 0.25) is 0 Å². The molecule has 5 rings (SSSR count). The summed E-state index contributed by atoms with van der Waals surface area (Å²) in [5.74, 6) is 0.276. The average Bonchev–Trinajstić information content (AvgIpc) is 3.33. The first-order chi connectivity index (χ1) is 17.5. The molecule has 0 unspecified atom stereocenters. The van der Waals surface area contributed by atoms with Crippen LogP contribution in [0.5, 0.6) is 0 Å². The lowest BCUT2D eigenvalue weighted by Gasteiger charge is -2.24. The molecule has 36 heavy (non-hydrogen) atoms. The maximum absolute atomic E-state index is 14.1. The van der Waals surface area contributed by atoms with Crippen LogP contribution < -0.4 is 11.2 Å². The van der Waals surface area contributed by atoms with Gasteiger partial charge in [0, 0.05) is 40.8 Å². The van der Waals surface area contributed by atoms with Gasteiger partial charge in [0.1, 0.15) is 4.70 Å². The van der Waals surface area contributed by atoms with Crippen molar-refractivity contribution in [2.75, 3.05) is 13.2 Å². The van der Waals surface area contributed by atoms with E-state index >= 15 is 0 Å². The molecule has 0 radical (unpaired) electrons. The maximum Gasteiger partial charge on any atom is 0.336 e. The number of hydrogen-bond donors (Lipinski definition) is 0. The van der Waals surface area contributed by atoms with Gasteiger partial charge in [-0.3, -0.25) is 14.4 Å². The van der Waals surface area contributed by atoms with E-state index < -0.39 is 0 Å². The lowest BCUT2D eigenvalue weighted by Crippen LogP contribution is -2.40. The third-order valence-corrected chi connectivity index (χ3v) is 8.09. The third kappa shape index (κ3) is 4.50. The molecule has 1 fully saturated rings. The fourth-order valence-electron chi connectivity index (χ4n) is 4.71. The third-order valence-electron chi connectivity index (χ3n) is 6.62. The molecule has 0 amide bonds. The van der Waals surface area contributed by atoms with Crippen molar-refractivity contribution >= 4 is 45.6 Å². The molecule has 2 aromatic heterocycles. The molecule has 4 aromatic rings. The summed E-state index contributed by atoms with van der Waals surface area (Å²) in [5, 5.41) is 0.596. The van der Waals surface area contributed by atoms with Crippen molar-refractivity contribution in [1.82, 2.24) is 9.13 Å². The minimum absolute atomic E-state index is 0.276. The number of nitrogens with zero attached hydrogens (tertiary/aromatic N) is 3. The highest BCUT2D eigenvalue weighted by Gasteiger charge is 2.24. The molecule has 8 heteroatoms. The van der Waals surface area contributed by atoms with Crippen LogP contribution in [0, 0.1) is 12.8 Å². The molecule has 6 nitrogen and oxygen atoms in total. The van der Waals surface area contributed by atoms with Crippen LogP contribution in [0.1, 0.15) is 24.0 Å². The number of halogens is 1. The Bertz CT molecular complexity index is 1590. The van der Waals surface area contributed by atoms with E-state index in [1.54, 1.807) is 4.57 Å². The highest BCUT2D eigenvalue weighted by molar-refractivity contribution is 7.22. The molecule has 1 aliphatic rings. The second kappa shape index (κ2) is 10.4. The van der Waals surface area contributed by atoms with Crippen molar-refractivity contribution in [1.29, 1.82) is 0 Å². The molecule has 3 heterocycles. The first-order valence-electron chi connectivity index (χ1n) is 11.8. The van der Waals surface area contributed by atoms with Crippen LogP contribution in [0.15, 0.2) is 75.4 Å². The number of rotatable bonds is 6. The summed E-state index contributed by atoms with van der Waals surface area (Å²) in [7, 11) is 0. The van der Waals surface area contributed by atoms with Crippen LogP contribution in [0.3, 0.4) is 0 Å². The molecule has 2 aromatic carbocycles. The van der Waals surface area contributed by atoms with E-state index in [2.05, 4.69) is 11.7 Å². The van der Waals surface area contributed by atoms with Crippen LogP contribution in [-0.2, 0) is 11.3 Å². The normalized spacial score (nSPS) is 14.9. The molecule has 1 aliphatic heterocycles. The summed E-state index contributed by atoms with van der Waals surface area (Å²) in [6, 6.07) is 17.1. The lowest BCUT2D eigenvalue weighted by molar-refractivity contribution is 0.0612. The Labute approximate surface area is 217 Å². The smallest absolute Gasteiger partial charge is 0.336 e. The van der Waals surface area contributed by atoms with Gasteiger partial charge < -0.3 is 4.74 Å². The Balaban J connectivity index is 1.80. The van der Waals surface area contributed by atoms with Crippen LogP contribution in [0.25, 0.3) is 26.4 Å². The predicted molar refractivity (Wildman–Crippen MR) is 148 cm³/mol. The first kappa shape index (κ1) is 24.4. The van der Waals surface area contributed by atoms with Crippen LogP contribution in [-0.4, -0.2) is 29.1 Å². The number of aliphatic imine (C=N–C) groups is 1. The molecule has 0 saturated carbocycles. The van der Waals surface area contributed by atoms with Gasteiger partial charge >= 0.3 is 5.69 Å². The summed E-state index contributed by atoms with van der Waals surface area (Å²) < 4.78 is 9.01. The van der Waals surface area contributed by atoms with E-state index in [1.807, 2.05) is 61.5 Å². The Kier molecular flexibility index (Phi) is 7.05. The zero-order valence-electron chi connectivity index (χ0n) is 19.9. The second-order valence-corrected chi connectivity index (χ2v) is 10.4. The highest BCUT2D eigenvalue weighted by atomic mass is 35.5. The summed E-state index contributed by atoms with van der Waals surface area (Å²) in [4.78, 5) is 32.8. The fourth-order valence-corrected chi connectivity index (χ4v) is 6.14. The van der Waals surface area contributed by atoms with E-state index in [0.29, 0.717) is 40.7 Å². The highest BCUT2D eigenvalue weighted by Crippen LogP contribution is 2.36. The Morgan fingerprint density at radius 1 is 1.17 bits per heavy atom. The van der Waals surface area contributed by atoms with Crippen LogP contribution >= 0.6 is 22.9 Å². The zero-order chi connectivity index (χ0) is 25.2. The summed E-state index contributed by atoms with van der Waals surface area (Å²) in [6.45, 7) is 7.38. The number of ether oxygens (including phenoxy) is 1. The van der Waals surface area contributed by atoms with Gasteiger partial charge in [0.15, 0.2) is 0 Å². The molecule has 0 spiro atoms. The van der Waals surface area contributed by atoms with Crippen molar-refractivity contribution in [2.24, 2.45) is 10.9 Å². The average molecular weight is 520 g/mol. The van der Waals surface area contributed by atoms with E-state index in [-0.39, 0.29) is 17.2 Å². The number of fused-ring (bicyclic) bond motifs is 1. The Morgan fingerprint density at radius 3 is 2.61 bits per heavy atom. The standard InChI is InChI=1S/C28H26ClN3O3S/c1-18-7-3-4-8-20(18)24(16-30-2)32-27(33)26-23(15-25(36-26)21-9-5-6-10-22(21)29)31(28(32)34)17-19-11-13-35-14-12-19/h3-10,15-16,19H,2,11-14,17H2,1H3/b24-16+. The zero-order valence-corrected chi connectivity index (χ0v) is 21.5. The van der Waals surface area contributed by atoms with Gasteiger partial charge in [-0.05, 0) is 50.1 Å². The lowest BCUT2D eigenvalue weighted by atomic mass is 10.0. The molecule has 0 atom stereocenters. The summed E-state index contributed by atoms with van der Waals surface area (Å²) in [6.07, 6.45) is 3.21. The number of benzene rings is 2. The summed E-state index contributed by atoms with van der Waals surface area (Å²) in [5.41, 5.74) is 2.79. The minimum atomic E-state index is -0.388. The molecule has 0 N–H and O–H groups in total. The molecular formula is C28H26ClN3O3S. The Hall–Kier alpha value is -3.26. The van der Waals surface area contributed by atoms with E-state index in [9.17, 15) is 9.59 Å². The van der Waals surface area contributed by atoms with Gasteiger partial charge in [0.05, 0.1) is 17.4 Å². The predicted octanol–water partition coefficient (Wildman–Crippen LogP) is 5.83. The minimum Gasteiger partial charge on any atom is -0.381 e. The van der Waals surface area contributed by atoms with Crippen molar-refractivity contribution in [2.45, 2.75) is 26.3 Å². The van der Waals surface area contributed by atoms with Crippen LogP contribution in [0.2, 0.25) is 5.02 Å². The van der Waals surface area contributed by atoms with Crippen molar-refractivity contribution in [3.8, 4) is 10.4 Å². The van der Waals surface area contributed by atoms with Crippen molar-refractivity contribution < 1.29 is 4.74 Å². The van der Waals surface area contributed by atoms with Crippen LogP contribution in [0.4, 0.5) is 0 Å². The number of thiophene rings is 1. The van der Waals surface area contributed by atoms with E-state index in [0.717, 1.165) is 34.4 Å². The van der Waals surface area contributed by atoms with Gasteiger partial charge in [-0.1, -0.05) is 54.1 Å². The van der Waals surface area contributed by atoms with Gasteiger partial charge in [-0.2, -0.15) is 0 Å². The second-order valence-electron chi connectivity index (χ2n) is 8.91. The molecule has 0 aliphatic carbocycles. The van der Waals surface area contributed by atoms with Crippen molar-refractivity contribution in [3.05, 3.63) is 97.8 Å². The van der Waals surface area contributed by atoms with Gasteiger partial charge in [-0.25, -0.2) is 9.36 Å². The quantitative estimate of drug-likeness (QED) is 0.301. The molecule has 0 bridgehead atoms. The van der Waals surface area contributed by atoms with E-state index in [4.69, 9.17) is 16.3 Å². The monoisotopic (exact) mass is 519 g/mol. The van der Waals surface area contributed by atoms with Gasteiger partial charge in [-0.15, -0.1) is 11.3 Å². The number of aromatic nitrogens is 2. The van der Waals surface area contributed by atoms with E-state index in [1.165, 1.54) is 22.1 Å². The SMILES string of the molecule is C=N/C=C(\c1ccccc1C)n1c(=O)c2sc(-c3ccccc3Cl)cc2n(CC2CCOCC2)c1=O. The first-order valence-corrected chi connectivity index (χ1v) is 13.0. The Morgan fingerprint density at radius 2 is 1.89 bits per heavy atom. The topological polar surface area (TPSA) is 65.6 Å². The fraction of sp³-hybridized carbons (Fsp3) is 0.250. The largest absolute Gasteiger partial charge is 0.381 e.